The van der Waals surface area contributed by atoms with Gasteiger partial charge in [-0.05, 0) is 26.7 Å². The molecule has 19 heavy (non-hydrogen) atoms. The van der Waals surface area contributed by atoms with Crippen molar-refractivity contribution in [2.45, 2.75) is 32.7 Å². The van der Waals surface area contributed by atoms with E-state index in [-0.39, 0.29) is 11.8 Å². The number of piperidine rings is 1. The van der Waals surface area contributed by atoms with Crippen LogP contribution in [-0.2, 0) is 4.79 Å². The minimum Gasteiger partial charge on any atom is -0.369 e. The van der Waals surface area contributed by atoms with Crippen LogP contribution in [0.3, 0.4) is 0 Å². The van der Waals surface area contributed by atoms with Gasteiger partial charge in [0.15, 0.2) is 0 Å². The fourth-order valence-corrected chi connectivity index (χ4v) is 2.48. The number of hydrogen-bond donors (Lipinski definition) is 2. The normalized spacial score (nSPS) is 23.2. The lowest BCUT2D eigenvalue weighted by Gasteiger charge is -2.38. The Labute approximate surface area is 113 Å². The second kappa shape index (κ2) is 5.42. The fraction of sp³-hybridized carbons (Fsp3) is 0.615. The number of rotatable bonds is 3. The van der Waals surface area contributed by atoms with Crippen molar-refractivity contribution < 1.29 is 4.79 Å². The first-order valence-electron chi connectivity index (χ1n) is 6.60. The average molecular weight is 263 g/mol. The first-order chi connectivity index (χ1) is 9.02. The molecule has 0 radical (unpaired) electrons. The summed E-state index contributed by atoms with van der Waals surface area (Å²) >= 11 is 0. The van der Waals surface area contributed by atoms with Crippen molar-refractivity contribution in [3.8, 4) is 0 Å². The van der Waals surface area contributed by atoms with Gasteiger partial charge in [0, 0.05) is 31.4 Å². The van der Waals surface area contributed by atoms with Gasteiger partial charge in [-0.1, -0.05) is 0 Å². The Hall–Kier alpha value is -1.85. The number of amides is 1. The summed E-state index contributed by atoms with van der Waals surface area (Å²) in [6.45, 7) is 4.77. The van der Waals surface area contributed by atoms with Crippen LogP contribution in [0.1, 0.15) is 25.3 Å². The first kappa shape index (κ1) is 13.6. The molecule has 1 aliphatic heterocycles. The summed E-state index contributed by atoms with van der Waals surface area (Å²) in [5.74, 6) is 1.16. The van der Waals surface area contributed by atoms with Crippen LogP contribution in [0.25, 0.3) is 0 Å². The maximum Gasteiger partial charge on any atom is 0.224 e. The summed E-state index contributed by atoms with van der Waals surface area (Å²) in [7, 11) is 1.79. The molecule has 2 rings (SSSR count). The summed E-state index contributed by atoms with van der Waals surface area (Å²) in [5.41, 5.74) is 6.45. The van der Waals surface area contributed by atoms with Gasteiger partial charge in [-0.2, -0.15) is 4.98 Å². The van der Waals surface area contributed by atoms with Gasteiger partial charge >= 0.3 is 0 Å². The van der Waals surface area contributed by atoms with Gasteiger partial charge in [-0.15, -0.1) is 0 Å². The number of aryl methyl sites for hydroxylation is 1. The number of carbonyl (C=O) groups is 1. The Morgan fingerprint density at radius 3 is 2.89 bits per heavy atom. The third-order valence-electron chi connectivity index (χ3n) is 3.73. The Morgan fingerprint density at radius 1 is 1.53 bits per heavy atom. The van der Waals surface area contributed by atoms with Crippen molar-refractivity contribution in [3.05, 3.63) is 11.8 Å². The number of anilines is 2. The zero-order chi connectivity index (χ0) is 14.0. The third kappa shape index (κ3) is 2.77. The summed E-state index contributed by atoms with van der Waals surface area (Å²) in [6.07, 6.45) is 3.61. The summed E-state index contributed by atoms with van der Waals surface area (Å²) in [6, 6.07) is 0.355. The van der Waals surface area contributed by atoms with Crippen LogP contribution in [0.15, 0.2) is 6.20 Å². The van der Waals surface area contributed by atoms with Crippen molar-refractivity contribution >= 4 is 17.7 Å². The Morgan fingerprint density at radius 2 is 2.26 bits per heavy atom. The first-order valence-corrected chi connectivity index (χ1v) is 6.60. The molecule has 0 aromatic carbocycles. The van der Waals surface area contributed by atoms with Gasteiger partial charge in [0.1, 0.15) is 5.82 Å². The van der Waals surface area contributed by atoms with E-state index in [4.69, 9.17) is 5.73 Å². The number of nitrogens with one attached hydrogen (secondary N) is 1. The SMILES string of the molecule is CNc1ncc(C)c(N2CC(C(N)=O)CCC2C)n1. The minimum absolute atomic E-state index is 0.0939. The molecule has 2 unspecified atom stereocenters. The van der Waals surface area contributed by atoms with Gasteiger partial charge in [0.05, 0.1) is 5.92 Å². The van der Waals surface area contributed by atoms with Crippen LogP contribution in [0.5, 0.6) is 0 Å². The molecule has 0 aliphatic carbocycles. The molecule has 6 nitrogen and oxygen atoms in total. The molecule has 1 amide bonds. The van der Waals surface area contributed by atoms with Crippen LogP contribution in [0, 0.1) is 12.8 Å². The molecular weight excluding hydrogens is 242 g/mol. The molecule has 1 aromatic rings. The average Bonchev–Trinajstić information content (AvgIpc) is 2.40. The van der Waals surface area contributed by atoms with E-state index in [0.717, 1.165) is 24.2 Å². The highest BCUT2D eigenvalue weighted by Gasteiger charge is 2.30. The van der Waals surface area contributed by atoms with E-state index >= 15 is 0 Å². The van der Waals surface area contributed by atoms with Crippen LogP contribution in [0.4, 0.5) is 11.8 Å². The van der Waals surface area contributed by atoms with Crippen molar-refractivity contribution in [2.75, 3.05) is 23.8 Å². The highest BCUT2D eigenvalue weighted by molar-refractivity contribution is 5.77. The maximum absolute atomic E-state index is 11.4. The molecule has 0 bridgehead atoms. The smallest absolute Gasteiger partial charge is 0.224 e. The number of nitrogens with two attached hydrogens (primary N) is 1. The van der Waals surface area contributed by atoms with Crippen molar-refractivity contribution in [1.29, 1.82) is 0 Å². The molecule has 1 aliphatic rings. The number of hydrogen-bond acceptors (Lipinski definition) is 5. The molecule has 2 heterocycles. The van der Waals surface area contributed by atoms with E-state index in [1.165, 1.54) is 0 Å². The Kier molecular flexibility index (Phi) is 3.87. The summed E-state index contributed by atoms with van der Waals surface area (Å²) in [5, 5.41) is 2.94. The molecule has 1 fully saturated rings. The van der Waals surface area contributed by atoms with Gasteiger partial charge in [-0.3, -0.25) is 4.79 Å². The lowest BCUT2D eigenvalue weighted by molar-refractivity contribution is -0.122. The zero-order valence-electron chi connectivity index (χ0n) is 11.7. The van der Waals surface area contributed by atoms with E-state index in [0.29, 0.717) is 18.5 Å². The van der Waals surface area contributed by atoms with Crippen molar-refractivity contribution in [2.24, 2.45) is 11.7 Å². The summed E-state index contributed by atoms with van der Waals surface area (Å²) in [4.78, 5) is 22.3. The Bertz CT molecular complexity index is 476. The van der Waals surface area contributed by atoms with E-state index in [9.17, 15) is 4.79 Å². The monoisotopic (exact) mass is 263 g/mol. The number of carbonyl (C=O) groups excluding carboxylic acids is 1. The van der Waals surface area contributed by atoms with Crippen molar-refractivity contribution in [1.82, 2.24) is 9.97 Å². The largest absolute Gasteiger partial charge is 0.369 e. The molecule has 0 saturated carbocycles. The lowest BCUT2D eigenvalue weighted by atomic mass is 9.92. The van der Waals surface area contributed by atoms with E-state index in [1.807, 2.05) is 6.92 Å². The molecule has 6 heteroatoms. The molecule has 104 valence electrons. The standard InChI is InChI=1S/C13H21N5O/c1-8-6-16-13(15-3)17-12(8)18-7-10(11(14)19)5-4-9(18)2/h6,9-10H,4-5,7H2,1-3H3,(H2,14,19)(H,15,16,17). The second-order valence-corrected chi connectivity index (χ2v) is 5.13. The van der Waals surface area contributed by atoms with Crippen LogP contribution in [-0.4, -0.2) is 35.5 Å². The van der Waals surface area contributed by atoms with Crippen LogP contribution < -0.4 is 16.0 Å². The van der Waals surface area contributed by atoms with Crippen LogP contribution in [0.2, 0.25) is 0 Å². The molecule has 1 saturated heterocycles. The summed E-state index contributed by atoms with van der Waals surface area (Å²) < 4.78 is 0. The molecular formula is C13H21N5O. The molecule has 2 atom stereocenters. The lowest BCUT2D eigenvalue weighted by Crippen LogP contribution is -2.46. The molecule has 3 N–H and O–H groups in total. The molecule has 1 aromatic heterocycles. The van der Waals surface area contributed by atoms with Gasteiger partial charge < -0.3 is 16.0 Å². The predicted molar refractivity (Wildman–Crippen MR) is 75.0 cm³/mol. The van der Waals surface area contributed by atoms with Gasteiger partial charge in [0.25, 0.3) is 0 Å². The topological polar surface area (TPSA) is 84.1 Å². The number of aromatic nitrogens is 2. The van der Waals surface area contributed by atoms with E-state index in [1.54, 1.807) is 13.2 Å². The number of primary amides is 1. The molecule has 0 spiro atoms. The third-order valence-corrected chi connectivity index (χ3v) is 3.73. The fourth-order valence-electron chi connectivity index (χ4n) is 2.48. The highest BCUT2D eigenvalue weighted by Crippen LogP contribution is 2.28. The second-order valence-electron chi connectivity index (χ2n) is 5.13. The number of nitrogens with zero attached hydrogens (tertiary/aromatic N) is 3. The quantitative estimate of drug-likeness (QED) is 0.847. The highest BCUT2D eigenvalue weighted by atomic mass is 16.1. The van der Waals surface area contributed by atoms with Crippen molar-refractivity contribution in [3.63, 3.8) is 0 Å². The maximum atomic E-state index is 11.4. The minimum atomic E-state index is -0.225. The predicted octanol–water partition coefficient (Wildman–Crippen LogP) is 0.917. The Balaban J connectivity index is 2.30. The zero-order valence-corrected chi connectivity index (χ0v) is 11.7. The van der Waals surface area contributed by atoms with Gasteiger partial charge in [0.2, 0.25) is 11.9 Å². The van der Waals surface area contributed by atoms with Crippen LogP contribution >= 0.6 is 0 Å². The van der Waals surface area contributed by atoms with Gasteiger partial charge in [-0.25, -0.2) is 4.98 Å². The van der Waals surface area contributed by atoms with E-state index < -0.39 is 0 Å². The van der Waals surface area contributed by atoms with E-state index in [2.05, 4.69) is 27.1 Å².